The molecule has 0 saturated heterocycles. The summed E-state index contributed by atoms with van der Waals surface area (Å²) in [6.07, 6.45) is 0.894. The highest BCUT2D eigenvalue weighted by molar-refractivity contribution is 7.09. The van der Waals surface area contributed by atoms with Gasteiger partial charge >= 0.3 is 0 Å². The van der Waals surface area contributed by atoms with E-state index in [1.807, 2.05) is 18.2 Å². The molecule has 0 aliphatic heterocycles. The predicted octanol–water partition coefficient (Wildman–Crippen LogP) is 4.39. The van der Waals surface area contributed by atoms with Gasteiger partial charge in [-0.15, -0.1) is 11.3 Å². The molecule has 2 aromatic rings. The second-order valence-electron chi connectivity index (χ2n) is 3.74. The van der Waals surface area contributed by atoms with Crippen LogP contribution in [0.25, 0.3) is 0 Å². The predicted molar refractivity (Wildman–Crippen MR) is 76.2 cm³/mol. The molecule has 0 amide bonds. The molecule has 0 aliphatic rings. The second-order valence-corrected chi connectivity index (χ2v) is 5.62. The third-order valence-electron chi connectivity index (χ3n) is 2.46. The highest BCUT2D eigenvalue weighted by Crippen LogP contribution is 2.20. The fourth-order valence-electron chi connectivity index (χ4n) is 1.58. The molecule has 0 fully saturated rings. The highest BCUT2D eigenvalue weighted by Gasteiger charge is 2.01. The molecule has 0 atom stereocenters. The minimum atomic E-state index is 0.739. The average Bonchev–Trinajstić information content (AvgIpc) is 2.82. The van der Waals surface area contributed by atoms with E-state index >= 15 is 0 Å². The molecule has 2 rings (SSSR count). The second kappa shape index (κ2) is 6.41. The fraction of sp³-hybridized carbons (Fsp3) is 0.231. The zero-order valence-electron chi connectivity index (χ0n) is 9.25. The first-order valence-corrected chi connectivity index (χ1v) is 7.06. The zero-order chi connectivity index (χ0) is 12.1. The van der Waals surface area contributed by atoms with E-state index in [1.54, 1.807) is 11.3 Å². The molecule has 0 spiro atoms. The number of hydrogen-bond donors (Lipinski definition) is 1. The Labute approximate surface area is 115 Å². The van der Waals surface area contributed by atoms with Crippen LogP contribution in [-0.4, -0.2) is 6.54 Å². The lowest BCUT2D eigenvalue weighted by Crippen LogP contribution is -2.16. The van der Waals surface area contributed by atoms with Crippen LogP contribution >= 0.6 is 34.5 Å². The molecule has 0 radical (unpaired) electrons. The van der Waals surface area contributed by atoms with Crippen molar-refractivity contribution in [2.45, 2.75) is 13.0 Å². The minimum Gasteiger partial charge on any atom is -0.312 e. The van der Waals surface area contributed by atoms with Crippen LogP contribution in [0.2, 0.25) is 10.0 Å². The van der Waals surface area contributed by atoms with Gasteiger partial charge < -0.3 is 5.32 Å². The van der Waals surface area contributed by atoms with Crippen molar-refractivity contribution in [3.8, 4) is 0 Å². The average molecular weight is 286 g/mol. The molecule has 0 unspecified atom stereocenters. The monoisotopic (exact) mass is 285 g/mol. The molecular formula is C13H13Cl2NS. The van der Waals surface area contributed by atoms with Gasteiger partial charge in [0.05, 0.1) is 0 Å². The Kier molecular flexibility index (Phi) is 4.86. The number of hydrogen-bond acceptors (Lipinski definition) is 2. The van der Waals surface area contributed by atoms with Gasteiger partial charge in [-0.05, 0) is 48.2 Å². The summed E-state index contributed by atoms with van der Waals surface area (Å²) in [5.74, 6) is 0. The van der Waals surface area contributed by atoms with Crippen LogP contribution in [0.15, 0.2) is 35.7 Å². The Balaban J connectivity index is 1.80. The zero-order valence-corrected chi connectivity index (χ0v) is 11.6. The van der Waals surface area contributed by atoms with Crippen molar-refractivity contribution in [3.63, 3.8) is 0 Å². The first kappa shape index (κ1) is 12.9. The quantitative estimate of drug-likeness (QED) is 0.804. The summed E-state index contributed by atoms with van der Waals surface area (Å²) in [4.78, 5) is 1.35. The third kappa shape index (κ3) is 4.00. The van der Waals surface area contributed by atoms with Crippen LogP contribution in [0.5, 0.6) is 0 Å². The van der Waals surface area contributed by atoms with E-state index in [1.165, 1.54) is 4.88 Å². The van der Waals surface area contributed by atoms with Crippen LogP contribution in [0.3, 0.4) is 0 Å². The van der Waals surface area contributed by atoms with Gasteiger partial charge in [0, 0.05) is 21.5 Å². The largest absolute Gasteiger partial charge is 0.312 e. The first-order chi connectivity index (χ1) is 8.25. The van der Waals surface area contributed by atoms with Crippen LogP contribution in [0.4, 0.5) is 0 Å². The van der Waals surface area contributed by atoms with Crippen molar-refractivity contribution in [2.75, 3.05) is 6.54 Å². The summed E-state index contributed by atoms with van der Waals surface area (Å²) in [6.45, 7) is 1.81. The molecule has 0 aliphatic carbocycles. The standard InChI is InChI=1S/C13H13Cl2NS/c14-11-3-4-13(15)10(8-11)5-6-16-9-12-2-1-7-17-12/h1-4,7-8,16H,5-6,9H2. The summed E-state index contributed by atoms with van der Waals surface area (Å²) in [7, 11) is 0. The Morgan fingerprint density at radius 3 is 2.82 bits per heavy atom. The molecule has 4 heteroatoms. The number of nitrogens with one attached hydrogen (secondary N) is 1. The van der Waals surface area contributed by atoms with Gasteiger partial charge in [-0.3, -0.25) is 0 Å². The SMILES string of the molecule is Clc1ccc(Cl)c(CCNCc2cccs2)c1. The van der Waals surface area contributed by atoms with Gasteiger partial charge in [-0.2, -0.15) is 0 Å². The Morgan fingerprint density at radius 2 is 2.06 bits per heavy atom. The Bertz CT molecular complexity index is 468. The molecule has 90 valence electrons. The lowest BCUT2D eigenvalue weighted by Gasteiger charge is -2.06. The smallest absolute Gasteiger partial charge is 0.0439 e. The molecule has 1 aromatic carbocycles. The van der Waals surface area contributed by atoms with Crippen LogP contribution in [0, 0.1) is 0 Å². The number of halogens is 2. The lowest BCUT2D eigenvalue weighted by molar-refractivity contribution is 0.694. The van der Waals surface area contributed by atoms with Crippen molar-refractivity contribution < 1.29 is 0 Å². The van der Waals surface area contributed by atoms with Gasteiger partial charge in [-0.1, -0.05) is 29.3 Å². The molecule has 1 N–H and O–H groups in total. The van der Waals surface area contributed by atoms with Crippen molar-refractivity contribution in [1.29, 1.82) is 0 Å². The summed E-state index contributed by atoms with van der Waals surface area (Å²) >= 11 is 13.8. The van der Waals surface area contributed by atoms with E-state index in [2.05, 4.69) is 22.8 Å². The van der Waals surface area contributed by atoms with Crippen molar-refractivity contribution in [3.05, 3.63) is 56.2 Å². The summed E-state index contributed by atoms with van der Waals surface area (Å²) in [5.41, 5.74) is 1.10. The lowest BCUT2D eigenvalue weighted by atomic mass is 10.1. The van der Waals surface area contributed by atoms with Crippen molar-refractivity contribution >= 4 is 34.5 Å². The van der Waals surface area contributed by atoms with Crippen molar-refractivity contribution in [2.24, 2.45) is 0 Å². The van der Waals surface area contributed by atoms with E-state index < -0.39 is 0 Å². The summed E-state index contributed by atoms with van der Waals surface area (Å²) in [6, 6.07) is 9.78. The highest BCUT2D eigenvalue weighted by atomic mass is 35.5. The van der Waals surface area contributed by atoms with Gasteiger partial charge in [0.1, 0.15) is 0 Å². The number of rotatable bonds is 5. The van der Waals surface area contributed by atoms with E-state index in [0.29, 0.717) is 0 Å². The molecule has 17 heavy (non-hydrogen) atoms. The summed E-state index contributed by atoms with van der Waals surface area (Å²) < 4.78 is 0. The van der Waals surface area contributed by atoms with Gasteiger partial charge in [0.2, 0.25) is 0 Å². The maximum atomic E-state index is 6.09. The number of benzene rings is 1. The van der Waals surface area contributed by atoms with E-state index in [9.17, 15) is 0 Å². The van der Waals surface area contributed by atoms with Crippen LogP contribution < -0.4 is 5.32 Å². The van der Waals surface area contributed by atoms with Gasteiger partial charge in [-0.25, -0.2) is 0 Å². The molecule has 0 saturated carbocycles. The van der Waals surface area contributed by atoms with E-state index in [-0.39, 0.29) is 0 Å². The maximum absolute atomic E-state index is 6.09. The molecule has 0 bridgehead atoms. The molecular weight excluding hydrogens is 273 g/mol. The summed E-state index contributed by atoms with van der Waals surface area (Å²) in [5, 5.41) is 7.00. The first-order valence-electron chi connectivity index (χ1n) is 5.43. The topological polar surface area (TPSA) is 12.0 Å². The van der Waals surface area contributed by atoms with Crippen LogP contribution in [-0.2, 0) is 13.0 Å². The Morgan fingerprint density at radius 1 is 1.18 bits per heavy atom. The fourth-order valence-corrected chi connectivity index (χ4v) is 2.66. The Hall–Kier alpha value is -0.540. The molecule has 1 aromatic heterocycles. The molecule has 1 nitrogen and oxygen atoms in total. The van der Waals surface area contributed by atoms with Gasteiger partial charge in [0.15, 0.2) is 0 Å². The normalized spacial score (nSPS) is 10.7. The third-order valence-corrected chi connectivity index (χ3v) is 3.94. The van der Waals surface area contributed by atoms with Crippen LogP contribution in [0.1, 0.15) is 10.4 Å². The molecule has 1 heterocycles. The van der Waals surface area contributed by atoms with Gasteiger partial charge in [0.25, 0.3) is 0 Å². The minimum absolute atomic E-state index is 0.739. The van der Waals surface area contributed by atoms with E-state index in [4.69, 9.17) is 23.2 Å². The van der Waals surface area contributed by atoms with E-state index in [0.717, 1.165) is 35.1 Å². The maximum Gasteiger partial charge on any atom is 0.0439 e. The van der Waals surface area contributed by atoms with Crippen molar-refractivity contribution in [1.82, 2.24) is 5.32 Å². The number of thiophene rings is 1.